The van der Waals surface area contributed by atoms with Gasteiger partial charge in [-0.1, -0.05) is 18.2 Å². The van der Waals surface area contributed by atoms with Gasteiger partial charge in [-0.05, 0) is 94.6 Å². The zero-order valence-corrected chi connectivity index (χ0v) is 22.6. The first-order valence-corrected chi connectivity index (χ1v) is 14.0. The Hall–Kier alpha value is -3.08. The summed E-state index contributed by atoms with van der Waals surface area (Å²) < 4.78 is 59.6. The third-order valence-corrected chi connectivity index (χ3v) is 8.09. The maximum Gasteiger partial charge on any atom is 0.252 e. The number of carbonyl (C=O) groups excluding carboxylic acids is 1. The van der Waals surface area contributed by atoms with E-state index in [9.17, 15) is 22.3 Å². The Bertz CT molecular complexity index is 1540. The van der Waals surface area contributed by atoms with Gasteiger partial charge in [0.1, 0.15) is 23.0 Å². The van der Waals surface area contributed by atoms with Crippen molar-refractivity contribution in [2.75, 3.05) is 10.8 Å². The Balaban J connectivity index is 1.49. The molecule has 0 saturated heterocycles. The molecule has 0 bridgehead atoms. The number of furan rings is 1. The number of hydrogen-bond acceptors (Lipinski definition) is 4. The van der Waals surface area contributed by atoms with Crippen LogP contribution in [0, 0.1) is 11.6 Å². The van der Waals surface area contributed by atoms with Crippen LogP contribution in [0.5, 0.6) is 0 Å². The number of halogens is 3. The molecular weight excluding hydrogens is 578 g/mol. The Kier molecular flexibility index (Phi) is 7.65. The molecule has 1 aliphatic carbocycles. The minimum absolute atomic E-state index is 0.164. The van der Waals surface area contributed by atoms with Crippen LogP contribution in [0.1, 0.15) is 58.0 Å². The Morgan fingerprint density at radius 3 is 2.45 bits per heavy atom. The number of nitrogens with two attached hydrogens (primary N) is 1. The van der Waals surface area contributed by atoms with Crippen molar-refractivity contribution >= 4 is 49.8 Å². The molecule has 1 amide bonds. The number of nitrogens with zero attached hydrogens (tertiary/aromatic N) is 1. The van der Waals surface area contributed by atoms with Crippen LogP contribution in [0.3, 0.4) is 0 Å². The SMILES string of the molecule is NC(=O)c1c(Cc2ccc(F)cc2)oc2cc(N(CCCc3ccc(Br)c(F)c3)S(=O)[O-])c(C3CC3)cc12. The Labute approximate surface area is 229 Å². The third kappa shape index (κ3) is 5.67. The van der Waals surface area contributed by atoms with Crippen LogP contribution in [0.15, 0.2) is 63.5 Å². The lowest BCUT2D eigenvalue weighted by Crippen LogP contribution is -2.28. The molecule has 2 N–H and O–H groups in total. The number of aryl methyl sites for hydroxylation is 1. The first kappa shape index (κ1) is 26.5. The van der Waals surface area contributed by atoms with Crippen LogP contribution in [-0.4, -0.2) is 21.2 Å². The highest BCUT2D eigenvalue weighted by Gasteiger charge is 2.31. The molecule has 1 unspecified atom stereocenters. The predicted octanol–water partition coefficient (Wildman–Crippen LogP) is 6.27. The molecule has 6 nitrogen and oxygen atoms in total. The molecule has 0 radical (unpaired) electrons. The van der Waals surface area contributed by atoms with Crippen LogP contribution in [-0.2, 0) is 24.1 Å². The molecule has 4 aromatic rings. The monoisotopic (exact) mass is 601 g/mol. The van der Waals surface area contributed by atoms with Gasteiger partial charge in [-0.3, -0.25) is 9.00 Å². The summed E-state index contributed by atoms with van der Waals surface area (Å²) >= 11 is 0.566. The van der Waals surface area contributed by atoms with Gasteiger partial charge < -0.3 is 19.0 Å². The lowest BCUT2D eigenvalue weighted by Gasteiger charge is -2.28. The van der Waals surface area contributed by atoms with Gasteiger partial charge in [0.05, 0.1) is 15.7 Å². The number of benzene rings is 3. The first-order valence-electron chi connectivity index (χ1n) is 12.2. The molecule has 38 heavy (non-hydrogen) atoms. The van der Waals surface area contributed by atoms with Gasteiger partial charge in [0.15, 0.2) is 0 Å². The van der Waals surface area contributed by atoms with Crippen LogP contribution in [0.4, 0.5) is 14.5 Å². The second kappa shape index (κ2) is 11.0. The van der Waals surface area contributed by atoms with E-state index in [1.165, 1.54) is 22.5 Å². The van der Waals surface area contributed by atoms with Crippen LogP contribution < -0.4 is 10.0 Å². The zero-order valence-electron chi connectivity index (χ0n) is 20.2. The highest BCUT2D eigenvalue weighted by molar-refractivity contribution is 9.10. The van der Waals surface area contributed by atoms with E-state index < -0.39 is 17.2 Å². The standard InChI is InChI=1S/C28H25BrF2N2O4S/c29-22-10-5-16(12-23(22)31)2-1-11-33(38(35)36)24-15-25-21(14-20(24)18-6-7-18)27(28(32)34)26(37-25)13-17-3-8-19(30)9-4-17/h3-5,8-10,12,14-15,18H,1-2,6-7,11,13H2,(H2,32,34)(H,35,36)/p-1. The summed E-state index contributed by atoms with van der Waals surface area (Å²) in [6, 6.07) is 14.2. The van der Waals surface area contributed by atoms with Gasteiger partial charge in [-0.25, -0.2) is 8.78 Å². The van der Waals surface area contributed by atoms with E-state index in [4.69, 9.17) is 10.2 Å². The maximum atomic E-state index is 13.9. The summed E-state index contributed by atoms with van der Waals surface area (Å²) in [5.41, 5.74) is 9.13. The largest absolute Gasteiger partial charge is 0.755 e. The molecule has 1 saturated carbocycles. The number of fused-ring (bicyclic) bond motifs is 1. The Morgan fingerprint density at radius 1 is 1.11 bits per heavy atom. The second-order valence-electron chi connectivity index (χ2n) is 9.42. The summed E-state index contributed by atoms with van der Waals surface area (Å²) in [4.78, 5) is 12.4. The van der Waals surface area contributed by atoms with Gasteiger partial charge in [-0.2, -0.15) is 0 Å². The van der Waals surface area contributed by atoms with Crippen molar-refractivity contribution < 1.29 is 26.8 Å². The Morgan fingerprint density at radius 2 is 1.82 bits per heavy atom. The van der Waals surface area contributed by atoms with Gasteiger partial charge in [0, 0.05) is 35.7 Å². The minimum Gasteiger partial charge on any atom is -0.755 e. The van der Waals surface area contributed by atoms with Gasteiger partial charge in [0.25, 0.3) is 5.91 Å². The molecule has 1 heterocycles. The topological polar surface area (TPSA) is 99.6 Å². The van der Waals surface area contributed by atoms with Crippen molar-refractivity contribution in [2.45, 2.75) is 38.0 Å². The zero-order chi connectivity index (χ0) is 27.0. The summed E-state index contributed by atoms with van der Waals surface area (Å²) in [5, 5.41) is 0.530. The van der Waals surface area contributed by atoms with Crippen LogP contribution >= 0.6 is 15.9 Å². The van der Waals surface area contributed by atoms with Gasteiger partial charge in [0.2, 0.25) is 0 Å². The van der Waals surface area contributed by atoms with Gasteiger partial charge >= 0.3 is 0 Å². The van der Waals surface area contributed by atoms with E-state index in [0.717, 1.165) is 29.5 Å². The average molecular weight is 602 g/mol. The normalized spacial score (nSPS) is 14.1. The molecule has 198 valence electrons. The molecular formula is C28H24BrF2N2O4S-. The molecule has 1 aromatic heterocycles. The number of hydrogen-bond donors (Lipinski definition) is 1. The molecule has 5 rings (SSSR count). The van der Waals surface area contributed by atoms with E-state index in [-0.39, 0.29) is 36.1 Å². The fraction of sp³-hybridized carbons (Fsp3) is 0.250. The maximum absolute atomic E-state index is 13.9. The fourth-order valence-corrected chi connectivity index (χ4v) is 5.56. The smallest absolute Gasteiger partial charge is 0.252 e. The number of carbonyl (C=O) groups is 1. The summed E-state index contributed by atoms with van der Waals surface area (Å²) in [7, 11) is 0. The van der Waals surface area contributed by atoms with Crippen LogP contribution in [0.2, 0.25) is 0 Å². The van der Waals surface area contributed by atoms with Crippen molar-refractivity contribution in [1.82, 2.24) is 0 Å². The summed E-state index contributed by atoms with van der Waals surface area (Å²) in [5.74, 6) is -0.889. The van der Waals surface area contributed by atoms with E-state index >= 15 is 0 Å². The van der Waals surface area contributed by atoms with Crippen molar-refractivity contribution in [2.24, 2.45) is 5.73 Å². The van der Waals surface area contributed by atoms with Crippen molar-refractivity contribution in [3.8, 4) is 0 Å². The van der Waals surface area contributed by atoms with Gasteiger partial charge in [-0.15, -0.1) is 0 Å². The number of amides is 1. The highest BCUT2D eigenvalue weighted by atomic mass is 79.9. The molecule has 3 aromatic carbocycles. The van der Waals surface area contributed by atoms with Crippen molar-refractivity contribution in [3.63, 3.8) is 0 Å². The van der Waals surface area contributed by atoms with Crippen molar-refractivity contribution in [3.05, 3.63) is 98.7 Å². The van der Waals surface area contributed by atoms with E-state index in [1.54, 1.807) is 30.3 Å². The molecule has 1 fully saturated rings. The van der Waals surface area contributed by atoms with E-state index in [2.05, 4.69) is 15.9 Å². The molecule has 1 atom stereocenters. The third-order valence-electron chi connectivity index (χ3n) is 6.71. The summed E-state index contributed by atoms with van der Waals surface area (Å²) in [6.45, 7) is 0.185. The van der Waals surface area contributed by atoms with Crippen LogP contribution in [0.25, 0.3) is 11.0 Å². The molecule has 1 aliphatic rings. The molecule has 0 spiro atoms. The number of rotatable bonds is 10. The van der Waals surface area contributed by atoms with E-state index in [0.29, 0.717) is 39.7 Å². The summed E-state index contributed by atoms with van der Waals surface area (Å²) in [6.07, 6.45) is 3.00. The quantitative estimate of drug-likeness (QED) is 0.216. The number of anilines is 1. The minimum atomic E-state index is -2.57. The highest BCUT2D eigenvalue weighted by Crippen LogP contribution is 2.47. The first-order chi connectivity index (χ1) is 18.2. The molecule has 10 heteroatoms. The number of primary amides is 1. The average Bonchev–Trinajstić information content (AvgIpc) is 3.65. The predicted molar refractivity (Wildman–Crippen MR) is 145 cm³/mol. The van der Waals surface area contributed by atoms with Crippen molar-refractivity contribution in [1.29, 1.82) is 0 Å². The molecule has 0 aliphatic heterocycles. The fourth-order valence-electron chi connectivity index (χ4n) is 4.72. The second-order valence-corrected chi connectivity index (χ2v) is 11.1. The lowest BCUT2D eigenvalue weighted by molar-refractivity contribution is 0.1000. The lowest BCUT2D eigenvalue weighted by atomic mass is 10.0. The van der Waals surface area contributed by atoms with E-state index in [1.807, 2.05) is 6.07 Å².